The summed E-state index contributed by atoms with van der Waals surface area (Å²) < 4.78 is 0. The van der Waals surface area contributed by atoms with E-state index >= 15 is 0 Å². The number of fused-ring (bicyclic) bond motifs is 1. The van der Waals surface area contributed by atoms with E-state index in [-0.39, 0.29) is 18.2 Å². The van der Waals surface area contributed by atoms with Gasteiger partial charge in [0.2, 0.25) is 0 Å². The molecule has 0 spiro atoms. The van der Waals surface area contributed by atoms with Gasteiger partial charge in [0.1, 0.15) is 0 Å². The zero-order chi connectivity index (χ0) is 16.9. The van der Waals surface area contributed by atoms with Gasteiger partial charge in [-0.1, -0.05) is 42.0 Å². The molecule has 4 heteroatoms. The van der Waals surface area contributed by atoms with E-state index in [1.165, 1.54) is 0 Å². The Labute approximate surface area is 141 Å². The molecular weight excluding hydrogens is 300 g/mol. The smallest absolute Gasteiger partial charge is 0.252 e. The molecule has 0 radical (unpaired) electrons. The van der Waals surface area contributed by atoms with Crippen molar-refractivity contribution >= 4 is 10.9 Å². The summed E-state index contributed by atoms with van der Waals surface area (Å²) in [6.07, 6.45) is 0.724. The third-order valence-electron chi connectivity index (χ3n) is 4.20. The van der Waals surface area contributed by atoms with Gasteiger partial charge in [-0.2, -0.15) is 0 Å². The molecule has 124 valence electrons. The highest BCUT2D eigenvalue weighted by Crippen LogP contribution is 2.13. The Morgan fingerprint density at radius 3 is 2.67 bits per heavy atom. The minimum Gasteiger partial charge on any atom is -0.395 e. The van der Waals surface area contributed by atoms with Crippen LogP contribution in [0, 0.1) is 6.92 Å². The Hall–Kier alpha value is -2.43. The van der Waals surface area contributed by atoms with Gasteiger partial charge in [0, 0.05) is 23.7 Å². The predicted molar refractivity (Wildman–Crippen MR) is 97.2 cm³/mol. The van der Waals surface area contributed by atoms with Crippen LogP contribution in [0.25, 0.3) is 10.9 Å². The second-order valence-electron chi connectivity index (χ2n) is 6.16. The third kappa shape index (κ3) is 3.91. The monoisotopic (exact) mass is 322 g/mol. The summed E-state index contributed by atoms with van der Waals surface area (Å²) >= 11 is 0. The number of hydrogen-bond acceptors (Lipinski definition) is 3. The highest BCUT2D eigenvalue weighted by atomic mass is 16.3. The van der Waals surface area contributed by atoms with E-state index in [2.05, 4.69) is 16.4 Å². The van der Waals surface area contributed by atoms with Crippen LogP contribution in [0.15, 0.2) is 59.4 Å². The third-order valence-corrected chi connectivity index (χ3v) is 4.20. The van der Waals surface area contributed by atoms with Crippen molar-refractivity contribution in [2.75, 3.05) is 6.61 Å². The maximum atomic E-state index is 12.2. The highest BCUT2D eigenvalue weighted by Gasteiger charge is 2.10. The minimum atomic E-state index is -0.0877. The molecule has 0 saturated heterocycles. The Morgan fingerprint density at radius 2 is 1.92 bits per heavy atom. The van der Waals surface area contributed by atoms with Crippen molar-refractivity contribution in [1.29, 1.82) is 0 Å². The average Bonchev–Trinajstić information content (AvgIpc) is 2.60. The molecule has 0 amide bonds. The average molecular weight is 322 g/mol. The number of aryl methyl sites for hydroxylation is 1. The molecule has 0 aliphatic heterocycles. The molecule has 0 bridgehead atoms. The van der Waals surface area contributed by atoms with Crippen molar-refractivity contribution in [2.24, 2.45) is 0 Å². The SMILES string of the molecule is Cc1ccc2[nH]c(=O)c(CN[C@@H](CO)Cc3ccccc3)cc2c1. The lowest BCUT2D eigenvalue weighted by molar-refractivity contribution is 0.240. The fraction of sp³-hybridized carbons (Fsp3) is 0.250. The van der Waals surface area contributed by atoms with E-state index in [0.717, 1.165) is 28.5 Å². The second-order valence-corrected chi connectivity index (χ2v) is 6.16. The number of aromatic amines is 1. The first-order chi connectivity index (χ1) is 11.7. The maximum absolute atomic E-state index is 12.2. The molecule has 24 heavy (non-hydrogen) atoms. The van der Waals surface area contributed by atoms with Gasteiger partial charge in [0.05, 0.1) is 6.61 Å². The van der Waals surface area contributed by atoms with Gasteiger partial charge >= 0.3 is 0 Å². The number of hydrogen-bond donors (Lipinski definition) is 3. The Bertz CT molecular complexity index is 872. The zero-order valence-electron chi connectivity index (χ0n) is 13.8. The lowest BCUT2D eigenvalue weighted by atomic mass is 10.1. The molecule has 3 N–H and O–H groups in total. The summed E-state index contributed by atoms with van der Waals surface area (Å²) in [5.41, 5.74) is 3.75. The van der Waals surface area contributed by atoms with E-state index in [1.807, 2.05) is 55.5 Å². The molecule has 0 saturated carbocycles. The van der Waals surface area contributed by atoms with Crippen molar-refractivity contribution in [1.82, 2.24) is 10.3 Å². The fourth-order valence-electron chi connectivity index (χ4n) is 2.86. The van der Waals surface area contributed by atoms with Crippen LogP contribution in [0.3, 0.4) is 0 Å². The molecular formula is C20H22N2O2. The van der Waals surface area contributed by atoms with E-state index in [4.69, 9.17) is 0 Å². The molecule has 3 rings (SSSR count). The van der Waals surface area contributed by atoms with Crippen molar-refractivity contribution in [3.05, 3.63) is 81.6 Å². The zero-order valence-corrected chi connectivity index (χ0v) is 13.8. The summed E-state index contributed by atoms with van der Waals surface area (Å²) in [6, 6.07) is 17.8. The van der Waals surface area contributed by atoms with E-state index in [0.29, 0.717) is 12.1 Å². The normalized spacial score (nSPS) is 12.4. The van der Waals surface area contributed by atoms with E-state index in [9.17, 15) is 9.90 Å². The summed E-state index contributed by atoms with van der Waals surface area (Å²) in [4.78, 5) is 15.1. The molecule has 0 aliphatic carbocycles. The van der Waals surface area contributed by atoms with Crippen LogP contribution in [0.4, 0.5) is 0 Å². The van der Waals surface area contributed by atoms with Crippen LogP contribution in [-0.2, 0) is 13.0 Å². The fourth-order valence-corrected chi connectivity index (χ4v) is 2.86. The summed E-state index contributed by atoms with van der Waals surface area (Å²) in [5, 5.41) is 13.9. The molecule has 1 aromatic heterocycles. The van der Waals surface area contributed by atoms with Gasteiger partial charge in [-0.3, -0.25) is 4.79 Å². The topological polar surface area (TPSA) is 65.1 Å². The first kappa shape index (κ1) is 16.4. The molecule has 1 heterocycles. The van der Waals surface area contributed by atoms with Crippen molar-refractivity contribution in [2.45, 2.75) is 25.9 Å². The number of aliphatic hydroxyl groups is 1. The van der Waals surface area contributed by atoms with Gasteiger partial charge in [-0.25, -0.2) is 0 Å². The van der Waals surface area contributed by atoms with Gasteiger partial charge < -0.3 is 15.4 Å². The highest BCUT2D eigenvalue weighted by molar-refractivity contribution is 5.79. The number of benzene rings is 2. The first-order valence-electron chi connectivity index (χ1n) is 8.16. The van der Waals surface area contributed by atoms with Gasteiger partial charge in [0.15, 0.2) is 0 Å². The van der Waals surface area contributed by atoms with E-state index < -0.39 is 0 Å². The number of nitrogens with one attached hydrogen (secondary N) is 2. The number of pyridine rings is 1. The Kier molecular flexibility index (Phi) is 5.08. The molecule has 0 aliphatic rings. The van der Waals surface area contributed by atoms with Crippen LogP contribution < -0.4 is 10.9 Å². The number of aliphatic hydroxyl groups excluding tert-OH is 1. The summed E-state index contributed by atoms with van der Waals surface area (Å²) in [7, 11) is 0. The Balaban J connectivity index is 1.74. The van der Waals surface area contributed by atoms with Gasteiger partial charge in [0.25, 0.3) is 5.56 Å². The minimum absolute atomic E-state index is 0.0273. The largest absolute Gasteiger partial charge is 0.395 e. The molecule has 2 aromatic carbocycles. The molecule has 1 atom stereocenters. The number of H-pyrrole nitrogens is 1. The van der Waals surface area contributed by atoms with Crippen LogP contribution in [0.2, 0.25) is 0 Å². The lowest BCUT2D eigenvalue weighted by Gasteiger charge is -2.16. The van der Waals surface area contributed by atoms with Gasteiger partial charge in [-0.15, -0.1) is 0 Å². The second kappa shape index (κ2) is 7.43. The first-order valence-corrected chi connectivity index (χ1v) is 8.16. The Morgan fingerprint density at radius 1 is 1.12 bits per heavy atom. The summed E-state index contributed by atoms with van der Waals surface area (Å²) in [6.45, 7) is 2.49. The van der Waals surface area contributed by atoms with Crippen molar-refractivity contribution < 1.29 is 5.11 Å². The van der Waals surface area contributed by atoms with Crippen molar-refractivity contribution in [3.63, 3.8) is 0 Å². The standard InChI is InChI=1S/C20H22N2O2/c1-14-7-8-19-16(9-14)11-17(20(24)22-19)12-21-18(13-23)10-15-5-3-2-4-6-15/h2-9,11,18,21,23H,10,12-13H2,1H3,(H,22,24)/t18-/m1/s1. The van der Waals surface area contributed by atoms with Crippen LogP contribution in [0.5, 0.6) is 0 Å². The quantitative estimate of drug-likeness (QED) is 0.653. The lowest BCUT2D eigenvalue weighted by Crippen LogP contribution is -2.35. The maximum Gasteiger partial charge on any atom is 0.252 e. The predicted octanol–water partition coefficient (Wildman–Crippen LogP) is 2.53. The van der Waals surface area contributed by atoms with E-state index in [1.54, 1.807) is 0 Å². The number of rotatable bonds is 6. The molecule has 0 unspecified atom stereocenters. The van der Waals surface area contributed by atoms with Crippen LogP contribution in [-0.4, -0.2) is 22.7 Å². The van der Waals surface area contributed by atoms with Gasteiger partial charge in [-0.05, 0) is 42.5 Å². The van der Waals surface area contributed by atoms with Crippen LogP contribution in [0.1, 0.15) is 16.7 Å². The molecule has 3 aromatic rings. The summed E-state index contributed by atoms with van der Waals surface area (Å²) in [5.74, 6) is 0. The van der Waals surface area contributed by atoms with Crippen molar-refractivity contribution in [3.8, 4) is 0 Å². The molecule has 4 nitrogen and oxygen atoms in total. The van der Waals surface area contributed by atoms with Crippen LogP contribution >= 0.6 is 0 Å². The molecule has 0 fully saturated rings. The number of aromatic nitrogens is 1.